The molecular formula is C17H22N4O5S. The largest absolute Gasteiger partial charge is 0.379 e. The van der Waals surface area contributed by atoms with Crippen molar-refractivity contribution in [2.24, 2.45) is 0 Å². The fourth-order valence-corrected chi connectivity index (χ4v) is 4.99. The summed E-state index contributed by atoms with van der Waals surface area (Å²) in [6.45, 7) is 3.81. The van der Waals surface area contributed by atoms with E-state index in [1.165, 1.54) is 16.6 Å². The van der Waals surface area contributed by atoms with Gasteiger partial charge in [0.25, 0.3) is 5.91 Å². The lowest BCUT2D eigenvalue weighted by Gasteiger charge is -2.25. The highest BCUT2D eigenvalue weighted by atomic mass is 32.2. The average molecular weight is 394 g/mol. The molecule has 2 aromatic rings. The van der Waals surface area contributed by atoms with Gasteiger partial charge in [0.15, 0.2) is 5.76 Å². The molecule has 27 heavy (non-hydrogen) atoms. The van der Waals surface area contributed by atoms with Crippen LogP contribution in [0, 0.1) is 6.92 Å². The molecule has 2 saturated heterocycles. The van der Waals surface area contributed by atoms with E-state index in [-0.39, 0.29) is 22.5 Å². The summed E-state index contributed by atoms with van der Waals surface area (Å²) in [6, 6.07) is 3.06. The highest BCUT2D eigenvalue weighted by Crippen LogP contribution is 2.33. The van der Waals surface area contributed by atoms with Crippen molar-refractivity contribution in [2.45, 2.75) is 30.7 Å². The summed E-state index contributed by atoms with van der Waals surface area (Å²) in [5.74, 6) is 0.418. The van der Waals surface area contributed by atoms with Crippen molar-refractivity contribution in [3.8, 4) is 0 Å². The molecule has 10 heteroatoms. The van der Waals surface area contributed by atoms with E-state index in [1.807, 2.05) is 13.0 Å². The maximum atomic E-state index is 13.0. The van der Waals surface area contributed by atoms with Crippen LogP contribution in [0.15, 0.2) is 27.7 Å². The summed E-state index contributed by atoms with van der Waals surface area (Å²) in [4.78, 5) is 17.6. The van der Waals surface area contributed by atoms with Gasteiger partial charge in [-0.2, -0.15) is 4.31 Å². The zero-order valence-electron chi connectivity index (χ0n) is 15.1. The van der Waals surface area contributed by atoms with Crippen molar-refractivity contribution in [1.82, 2.24) is 19.3 Å². The molecule has 9 nitrogen and oxygen atoms in total. The van der Waals surface area contributed by atoms with E-state index in [0.717, 1.165) is 18.5 Å². The van der Waals surface area contributed by atoms with E-state index >= 15 is 0 Å². The van der Waals surface area contributed by atoms with Gasteiger partial charge in [0.1, 0.15) is 10.6 Å². The summed E-state index contributed by atoms with van der Waals surface area (Å²) >= 11 is 0. The van der Waals surface area contributed by atoms with E-state index in [2.05, 4.69) is 10.1 Å². The number of carbonyl (C=O) groups is 1. The number of nitrogens with zero attached hydrogens (tertiary/aromatic N) is 3. The summed E-state index contributed by atoms with van der Waals surface area (Å²) in [6.07, 6.45) is 3.03. The molecule has 4 rings (SSSR count). The van der Waals surface area contributed by atoms with Gasteiger partial charge in [-0.25, -0.2) is 8.42 Å². The normalized spacial score (nSPS) is 21.7. The van der Waals surface area contributed by atoms with E-state index in [4.69, 9.17) is 9.26 Å². The van der Waals surface area contributed by atoms with Crippen molar-refractivity contribution >= 4 is 15.9 Å². The second kappa shape index (κ2) is 7.10. The Hall–Kier alpha value is -2.17. The lowest BCUT2D eigenvalue weighted by molar-refractivity contribution is 0.0709. The molecule has 146 valence electrons. The van der Waals surface area contributed by atoms with Crippen LogP contribution in [0.1, 0.15) is 40.8 Å². The Labute approximate surface area is 157 Å². The molecule has 0 spiro atoms. The Kier molecular flexibility index (Phi) is 4.79. The second-order valence-corrected chi connectivity index (χ2v) is 8.73. The number of aromatic nitrogens is 2. The van der Waals surface area contributed by atoms with Crippen molar-refractivity contribution in [2.75, 3.05) is 32.8 Å². The van der Waals surface area contributed by atoms with Crippen LogP contribution < -0.4 is 0 Å². The number of aromatic amines is 1. The zero-order valence-corrected chi connectivity index (χ0v) is 15.9. The summed E-state index contributed by atoms with van der Waals surface area (Å²) < 4.78 is 37.4. The smallest absolute Gasteiger partial charge is 0.270 e. The van der Waals surface area contributed by atoms with Crippen molar-refractivity contribution in [1.29, 1.82) is 0 Å². The Bertz CT molecular complexity index is 929. The number of hydrogen-bond acceptors (Lipinski definition) is 6. The number of sulfonamides is 1. The highest BCUT2D eigenvalue weighted by Gasteiger charge is 2.35. The van der Waals surface area contributed by atoms with Gasteiger partial charge in [0.05, 0.1) is 24.9 Å². The van der Waals surface area contributed by atoms with Gasteiger partial charge < -0.3 is 19.1 Å². The standard InChI is InChI=1S/C17H22N4O5S/c1-12-9-16(26-19-12)15-3-2-4-21(15)17(22)14-10-13(11-18-14)27(23,24)20-5-7-25-8-6-20/h9-11,15,18H,2-8H2,1H3/t15-/m0/s1. The molecule has 2 aromatic heterocycles. The summed E-state index contributed by atoms with van der Waals surface area (Å²) in [5.41, 5.74) is 1.02. The van der Waals surface area contributed by atoms with Gasteiger partial charge in [-0.3, -0.25) is 4.79 Å². The number of rotatable bonds is 4. The Morgan fingerprint density at radius 1 is 1.26 bits per heavy atom. The van der Waals surface area contributed by atoms with E-state index in [9.17, 15) is 13.2 Å². The van der Waals surface area contributed by atoms with Gasteiger partial charge in [-0.1, -0.05) is 5.16 Å². The molecule has 2 aliphatic heterocycles. The molecule has 4 heterocycles. The number of carbonyl (C=O) groups excluding carboxylic acids is 1. The third kappa shape index (κ3) is 3.40. The Morgan fingerprint density at radius 2 is 2.04 bits per heavy atom. The van der Waals surface area contributed by atoms with E-state index in [1.54, 1.807) is 4.90 Å². The Balaban J connectivity index is 1.54. The number of morpholine rings is 1. The predicted octanol–water partition coefficient (Wildman–Crippen LogP) is 1.31. The van der Waals surface area contributed by atoms with Gasteiger partial charge in [0.2, 0.25) is 10.0 Å². The monoisotopic (exact) mass is 394 g/mol. The van der Waals surface area contributed by atoms with Crippen LogP contribution in [0.4, 0.5) is 0 Å². The van der Waals surface area contributed by atoms with Crippen LogP contribution in [0.5, 0.6) is 0 Å². The molecule has 0 saturated carbocycles. The lowest BCUT2D eigenvalue weighted by Crippen LogP contribution is -2.40. The number of hydrogen-bond donors (Lipinski definition) is 1. The average Bonchev–Trinajstić information content (AvgIpc) is 3.42. The van der Waals surface area contributed by atoms with Crippen LogP contribution in [0.3, 0.4) is 0 Å². The molecular weight excluding hydrogens is 372 g/mol. The van der Waals surface area contributed by atoms with Gasteiger partial charge in [0, 0.05) is 31.9 Å². The first-order valence-corrected chi connectivity index (χ1v) is 10.4. The minimum absolute atomic E-state index is 0.0963. The number of H-pyrrole nitrogens is 1. The topological polar surface area (TPSA) is 109 Å². The maximum absolute atomic E-state index is 13.0. The number of amides is 1. The fraction of sp³-hybridized carbons (Fsp3) is 0.529. The minimum Gasteiger partial charge on any atom is -0.379 e. The number of ether oxygens (including phenoxy) is 1. The first kappa shape index (κ1) is 18.2. The summed E-state index contributed by atoms with van der Waals surface area (Å²) in [5, 5.41) is 3.90. The Morgan fingerprint density at radius 3 is 2.74 bits per heavy atom. The van der Waals surface area contributed by atoms with E-state index < -0.39 is 10.0 Å². The SMILES string of the molecule is Cc1cc([C@@H]2CCCN2C(=O)c2cc(S(=O)(=O)N3CCOCC3)c[nH]2)on1. The third-order valence-electron chi connectivity index (χ3n) is 4.98. The number of aryl methyl sites for hydroxylation is 1. The minimum atomic E-state index is -3.64. The summed E-state index contributed by atoms with van der Waals surface area (Å²) in [7, 11) is -3.64. The van der Waals surface area contributed by atoms with Crippen molar-refractivity contribution in [3.05, 3.63) is 35.5 Å². The van der Waals surface area contributed by atoms with E-state index in [0.29, 0.717) is 38.6 Å². The molecule has 2 fully saturated rings. The fourth-order valence-electron chi connectivity index (χ4n) is 3.58. The molecule has 1 amide bonds. The molecule has 1 N–H and O–H groups in total. The quantitative estimate of drug-likeness (QED) is 0.837. The lowest BCUT2D eigenvalue weighted by atomic mass is 10.1. The zero-order chi connectivity index (χ0) is 19.0. The number of likely N-dealkylation sites (tertiary alicyclic amines) is 1. The third-order valence-corrected chi connectivity index (χ3v) is 6.86. The first-order chi connectivity index (χ1) is 13.0. The van der Waals surface area contributed by atoms with Gasteiger partial charge >= 0.3 is 0 Å². The van der Waals surface area contributed by atoms with Crippen LogP contribution in [0.2, 0.25) is 0 Å². The predicted molar refractivity (Wildman–Crippen MR) is 94.6 cm³/mol. The molecule has 0 aromatic carbocycles. The first-order valence-electron chi connectivity index (χ1n) is 8.97. The highest BCUT2D eigenvalue weighted by molar-refractivity contribution is 7.89. The van der Waals surface area contributed by atoms with Crippen LogP contribution >= 0.6 is 0 Å². The molecule has 0 unspecified atom stereocenters. The molecule has 0 radical (unpaired) electrons. The van der Waals surface area contributed by atoms with Gasteiger partial charge in [-0.15, -0.1) is 0 Å². The maximum Gasteiger partial charge on any atom is 0.270 e. The molecule has 1 atom stereocenters. The van der Waals surface area contributed by atoms with Crippen LogP contribution in [-0.4, -0.2) is 66.5 Å². The second-order valence-electron chi connectivity index (χ2n) is 6.79. The van der Waals surface area contributed by atoms with Crippen molar-refractivity contribution < 1.29 is 22.5 Å². The molecule has 0 aliphatic carbocycles. The molecule has 2 aliphatic rings. The number of nitrogens with one attached hydrogen (secondary N) is 1. The van der Waals surface area contributed by atoms with Crippen molar-refractivity contribution in [3.63, 3.8) is 0 Å². The van der Waals surface area contributed by atoms with Gasteiger partial charge in [-0.05, 0) is 25.8 Å². The van der Waals surface area contributed by atoms with Crippen LogP contribution in [-0.2, 0) is 14.8 Å². The molecule has 0 bridgehead atoms. The van der Waals surface area contributed by atoms with Crippen LogP contribution in [0.25, 0.3) is 0 Å².